The van der Waals surface area contributed by atoms with Crippen LogP contribution in [0.3, 0.4) is 0 Å². The molecule has 0 atom stereocenters. The number of benzene rings is 1. The largest absolute Gasteiger partial charge is 0.492 e. The van der Waals surface area contributed by atoms with E-state index in [-0.39, 0.29) is 6.42 Å². The minimum absolute atomic E-state index is 0.0151. The molecule has 1 aliphatic carbocycles. The third kappa shape index (κ3) is 2.98. The van der Waals surface area contributed by atoms with E-state index in [0.29, 0.717) is 5.92 Å². The quantitative estimate of drug-likeness (QED) is 0.904. The first-order chi connectivity index (χ1) is 7.66. The molecule has 1 saturated carbocycles. The number of hydrogen-bond donors (Lipinski definition) is 1. The van der Waals surface area contributed by atoms with Crippen molar-refractivity contribution >= 4 is 21.9 Å². The highest BCUT2D eigenvalue weighted by Gasteiger charge is 2.22. The van der Waals surface area contributed by atoms with E-state index < -0.39 is 5.97 Å². The molecular weight excluding hydrogens is 272 g/mol. The van der Waals surface area contributed by atoms with Crippen LogP contribution in [0.5, 0.6) is 5.75 Å². The van der Waals surface area contributed by atoms with E-state index in [0.717, 1.165) is 22.4 Å². The number of carboxylic acids is 1. The first-order valence-corrected chi connectivity index (χ1v) is 6.08. The molecule has 3 nitrogen and oxygen atoms in total. The van der Waals surface area contributed by atoms with Crippen LogP contribution in [0.15, 0.2) is 22.7 Å². The van der Waals surface area contributed by atoms with Crippen molar-refractivity contribution in [2.24, 2.45) is 5.92 Å². The topological polar surface area (TPSA) is 46.5 Å². The number of carboxylic acid groups (broad SMARTS) is 1. The van der Waals surface area contributed by atoms with E-state index in [1.807, 2.05) is 12.1 Å². The van der Waals surface area contributed by atoms with Gasteiger partial charge in [-0.25, -0.2) is 0 Å². The summed E-state index contributed by atoms with van der Waals surface area (Å²) in [5.41, 5.74) is 0.751. The van der Waals surface area contributed by atoms with Gasteiger partial charge < -0.3 is 9.84 Å². The summed E-state index contributed by atoms with van der Waals surface area (Å²) in [5, 5.41) is 8.75. The van der Waals surface area contributed by atoms with Crippen LogP contribution in [-0.2, 0) is 11.2 Å². The third-order valence-corrected chi connectivity index (χ3v) is 3.46. The van der Waals surface area contributed by atoms with Gasteiger partial charge in [-0.2, -0.15) is 0 Å². The van der Waals surface area contributed by atoms with Gasteiger partial charge in [0.15, 0.2) is 0 Å². The van der Waals surface area contributed by atoms with E-state index in [1.54, 1.807) is 6.07 Å². The molecular formula is C12H13BrO3. The van der Waals surface area contributed by atoms with Crippen molar-refractivity contribution in [2.75, 3.05) is 6.61 Å². The molecule has 1 N–H and O–H groups in total. The summed E-state index contributed by atoms with van der Waals surface area (Å²) in [6.45, 7) is 0.731. The van der Waals surface area contributed by atoms with Crippen LogP contribution >= 0.6 is 15.9 Å². The zero-order valence-corrected chi connectivity index (χ0v) is 10.4. The van der Waals surface area contributed by atoms with Crippen LogP contribution in [0, 0.1) is 5.92 Å². The van der Waals surface area contributed by atoms with Crippen LogP contribution in [-0.4, -0.2) is 17.7 Å². The molecule has 0 amide bonds. The van der Waals surface area contributed by atoms with Gasteiger partial charge in [-0.05, 0) is 46.3 Å². The SMILES string of the molecule is O=C(O)Cc1cccc(OCC2CC2)c1Br. The molecule has 0 aromatic heterocycles. The molecule has 16 heavy (non-hydrogen) atoms. The summed E-state index contributed by atoms with van der Waals surface area (Å²) >= 11 is 3.39. The van der Waals surface area contributed by atoms with Crippen molar-refractivity contribution in [3.63, 3.8) is 0 Å². The molecule has 86 valence electrons. The van der Waals surface area contributed by atoms with Gasteiger partial charge in [0.25, 0.3) is 0 Å². The second-order valence-electron chi connectivity index (χ2n) is 4.05. The average Bonchev–Trinajstić information content (AvgIpc) is 3.02. The van der Waals surface area contributed by atoms with Crippen molar-refractivity contribution in [2.45, 2.75) is 19.3 Å². The molecule has 4 heteroatoms. The Kier molecular flexibility index (Phi) is 3.49. The van der Waals surface area contributed by atoms with Gasteiger partial charge in [0.2, 0.25) is 0 Å². The minimum atomic E-state index is -0.833. The molecule has 0 heterocycles. The van der Waals surface area contributed by atoms with Gasteiger partial charge in [-0.3, -0.25) is 4.79 Å². The first kappa shape index (κ1) is 11.5. The number of hydrogen-bond acceptors (Lipinski definition) is 2. The van der Waals surface area contributed by atoms with Gasteiger partial charge in [-0.15, -0.1) is 0 Å². The Labute approximate surface area is 103 Å². The molecule has 1 aromatic carbocycles. The molecule has 0 unspecified atom stereocenters. The van der Waals surface area contributed by atoms with Gasteiger partial charge >= 0.3 is 5.97 Å². The lowest BCUT2D eigenvalue weighted by molar-refractivity contribution is -0.136. The summed E-state index contributed by atoms with van der Waals surface area (Å²) < 4.78 is 6.41. The first-order valence-electron chi connectivity index (χ1n) is 5.29. The third-order valence-electron chi connectivity index (χ3n) is 2.56. The standard InChI is InChI=1S/C12H13BrO3/c13-12-9(6-11(14)15)2-1-3-10(12)16-7-8-4-5-8/h1-3,8H,4-7H2,(H,14,15). The van der Waals surface area contributed by atoms with Crippen molar-refractivity contribution in [3.05, 3.63) is 28.2 Å². The van der Waals surface area contributed by atoms with Crippen LogP contribution in [0.25, 0.3) is 0 Å². The molecule has 2 rings (SSSR count). The normalized spacial score (nSPS) is 14.8. The number of aliphatic carboxylic acids is 1. The zero-order valence-electron chi connectivity index (χ0n) is 8.78. The fourth-order valence-corrected chi connectivity index (χ4v) is 1.98. The Morgan fingerprint density at radius 1 is 1.50 bits per heavy atom. The Morgan fingerprint density at radius 3 is 2.88 bits per heavy atom. The minimum Gasteiger partial charge on any atom is -0.492 e. The van der Waals surface area contributed by atoms with E-state index in [2.05, 4.69) is 15.9 Å². The molecule has 0 aliphatic heterocycles. The Hall–Kier alpha value is -1.03. The molecule has 0 saturated heterocycles. The van der Waals surface area contributed by atoms with Crippen LogP contribution in [0.4, 0.5) is 0 Å². The summed E-state index contributed by atoms with van der Waals surface area (Å²) in [6, 6.07) is 5.48. The fraction of sp³-hybridized carbons (Fsp3) is 0.417. The van der Waals surface area contributed by atoms with Crippen LogP contribution in [0.2, 0.25) is 0 Å². The molecule has 0 radical (unpaired) electrons. The van der Waals surface area contributed by atoms with Crippen molar-refractivity contribution in [1.82, 2.24) is 0 Å². The van der Waals surface area contributed by atoms with Gasteiger partial charge in [0, 0.05) is 0 Å². The Bertz CT molecular complexity index is 399. The summed E-state index contributed by atoms with van der Waals surface area (Å²) in [7, 11) is 0. The maximum absolute atomic E-state index is 10.6. The summed E-state index contributed by atoms with van der Waals surface area (Å²) in [6.07, 6.45) is 2.50. The molecule has 0 bridgehead atoms. The van der Waals surface area contributed by atoms with Gasteiger partial charge in [-0.1, -0.05) is 12.1 Å². The predicted molar refractivity (Wildman–Crippen MR) is 63.7 cm³/mol. The average molecular weight is 285 g/mol. The van der Waals surface area contributed by atoms with Crippen molar-refractivity contribution in [3.8, 4) is 5.75 Å². The maximum atomic E-state index is 10.6. The highest BCUT2D eigenvalue weighted by atomic mass is 79.9. The number of rotatable bonds is 5. The second-order valence-corrected chi connectivity index (χ2v) is 4.85. The molecule has 1 aromatic rings. The second kappa shape index (κ2) is 4.87. The molecule has 1 fully saturated rings. The molecule has 0 spiro atoms. The van der Waals surface area contributed by atoms with E-state index in [9.17, 15) is 4.79 Å². The van der Waals surface area contributed by atoms with Gasteiger partial charge in [0.1, 0.15) is 5.75 Å². The highest BCUT2D eigenvalue weighted by Crippen LogP contribution is 2.33. The molecule has 1 aliphatic rings. The summed E-state index contributed by atoms with van der Waals surface area (Å²) in [4.78, 5) is 10.6. The lowest BCUT2D eigenvalue weighted by Crippen LogP contribution is -2.04. The Morgan fingerprint density at radius 2 is 2.25 bits per heavy atom. The van der Waals surface area contributed by atoms with E-state index >= 15 is 0 Å². The zero-order chi connectivity index (χ0) is 11.5. The lowest BCUT2D eigenvalue weighted by atomic mass is 10.1. The number of carbonyl (C=O) groups is 1. The van der Waals surface area contributed by atoms with Crippen LogP contribution in [0.1, 0.15) is 18.4 Å². The summed E-state index contributed by atoms with van der Waals surface area (Å²) in [5.74, 6) is 0.598. The smallest absolute Gasteiger partial charge is 0.307 e. The Balaban J connectivity index is 2.07. The van der Waals surface area contributed by atoms with E-state index in [1.165, 1.54) is 12.8 Å². The fourth-order valence-electron chi connectivity index (χ4n) is 1.46. The van der Waals surface area contributed by atoms with E-state index in [4.69, 9.17) is 9.84 Å². The van der Waals surface area contributed by atoms with Crippen molar-refractivity contribution < 1.29 is 14.6 Å². The monoisotopic (exact) mass is 284 g/mol. The maximum Gasteiger partial charge on any atom is 0.307 e. The van der Waals surface area contributed by atoms with Crippen LogP contribution < -0.4 is 4.74 Å². The number of ether oxygens (including phenoxy) is 1. The van der Waals surface area contributed by atoms with Crippen molar-refractivity contribution in [1.29, 1.82) is 0 Å². The predicted octanol–water partition coefficient (Wildman–Crippen LogP) is 2.87. The number of halogens is 1. The lowest BCUT2D eigenvalue weighted by Gasteiger charge is -2.10. The van der Waals surface area contributed by atoms with Gasteiger partial charge in [0.05, 0.1) is 17.5 Å². The highest BCUT2D eigenvalue weighted by molar-refractivity contribution is 9.10.